The number of rotatable bonds is 68. The van der Waals surface area contributed by atoms with Crippen LogP contribution in [0.1, 0.15) is 349 Å². The molecule has 0 aliphatic heterocycles. The molecule has 0 rings (SSSR count). The van der Waals surface area contributed by atoms with Crippen LogP contribution < -0.4 is 0 Å². The zero-order valence-corrected chi connectivity index (χ0v) is 57.9. The fraction of sp³-hybridized carbons (Fsp3) is 0.941. The Bertz CT molecular complexity index is 1690. The maximum absolute atomic E-state index is 13.0. The van der Waals surface area contributed by atoms with E-state index in [1.807, 2.05) is 0 Å². The zero-order chi connectivity index (χ0) is 64.2. The summed E-state index contributed by atoms with van der Waals surface area (Å²) < 4.78 is 68.0. The number of hydrogen-bond acceptors (Lipinski definition) is 15. The summed E-state index contributed by atoms with van der Waals surface area (Å²) in [6.07, 6.45) is 47.5. The van der Waals surface area contributed by atoms with E-state index < -0.39 is 97.5 Å². The Labute approximate surface area is 530 Å². The van der Waals surface area contributed by atoms with Crippen molar-refractivity contribution in [2.45, 2.75) is 368 Å². The van der Waals surface area contributed by atoms with Crippen molar-refractivity contribution in [2.75, 3.05) is 39.6 Å². The second-order valence-corrected chi connectivity index (χ2v) is 27.9. The molecule has 0 aromatic rings. The molecule has 3 N–H and O–H groups in total. The molecule has 0 heterocycles. The van der Waals surface area contributed by atoms with Gasteiger partial charge in [-0.3, -0.25) is 37.3 Å². The van der Waals surface area contributed by atoms with Crippen LogP contribution in [0.3, 0.4) is 0 Å². The number of carbonyl (C=O) groups is 4. The lowest BCUT2D eigenvalue weighted by atomic mass is 10.0. The third-order valence-corrected chi connectivity index (χ3v) is 17.7. The lowest BCUT2D eigenvalue weighted by Gasteiger charge is -2.21. The first-order valence-corrected chi connectivity index (χ1v) is 38.6. The number of aliphatic hydroxyl groups is 1. The highest BCUT2D eigenvalue weighted by molar-refractivity contribution is 7.47. The number of phosphoric acid groups is 2. The molecule has 17 nitrogen and oxygen atoms in total. The van der Waals surface area contributed by atoms with Gasteiger partial charge in [-0.2, -0.15) is 0 Å². The first-order valence-electron chi connectivity index (χ1n) is 35.6. The van der Waals surface area contributed by atoms with Crippen molar-refractivity contribution in [1.82, 2.24) is 0 Å². The van der Waals surface area contributed by atoms with E-state index in [4.69, 9.17) is 37.0 Å². The van der Waals surface area contributed by atoms with Crippen molar-refractivity contribution < 1.29 is 80.2 Å². The van der Waals surface area contributed by atoms with Gasteiger partial charge in [0.15, 0.2) is 12.2 Å². The Kier molecular flexibility index (Phi) is 60.2. The van der Waals surface area contributed by atoms with Crippen LogP contribution in [0.2, 0.25) is 0 Å². The van der Waals surface area contributed by atoms with E-state index in [0.717, 1.165) is 102 Å². The molecule has 0 aromatic carbocycles. The molecule has 87 heavy (non-hydrogen) atoms. The largest absolute Gasteiger partial charge is 0.472 e. The average Bonchev–Trinajstić information content (AvgIpc) is 3.62. The Morgan fingerprint density at radius 3 is 0.782 bits per heavy atom. The molecule has 0 bridgehead atoms. The summed E-state index contributed by atoms with van der Waals surface area (Å²) in [5.41, 5.74) is 0. The third-order valence-electron chi connectivity index (χ3n) is 15.8. The average molecular weight is 1280 g/mol. The third kappa shape index (κ3) is 62.6. The molecular weight excluding hydrogens is 1150 g/mol. The summed E-state index contributed by atoms with van der Waals surface area (Å²) in [4.78, 5) is 72.1. The summed E-state index contributed by atoms with van der Waals surface area (Å²) in [6.45, 7) is 7.17. The van der Waals surface area contributed by atoms with Gasteiger partial charge in [0.25, 0.3) is 0 Å². The minimum atomic E-state index is -4.95. The molecule has 0 aliphatic rings. The number of phosphoric ester groups is 2. The van der Waals surface area contributed by atoms with Gasteiger partial charge >= 0.3 is 39.5 Å². The molecule has 5 atom stereocenters. The number of ether oxygens (including phenoxy) is 4. The van der Waals surface area contributed by atoms with Gasteiger partial charge in [-0.15, -0.1) is 0 Å². The van der Waals surface area contributed by atoms with Crippen LogP contribution in [0.25, 0.3) is 0 Å². The monoisotopic (exact) mass is 1280 g/mol. The van der Waals surface area contributed by atoms with E-state index in [1.165, 1.54) is 167 Å². The minimum absolute atomic E-state index is 0.106. The normalized spacial score (nSPS) is 14.1. The molecule has 0 saturated carbocycles. The molecular formula is C68H132O17P2. The molecule has 0 spiro atoms. The van der Waals surface area contributed by atoms with Crippen LogP contribution in [-0.4, -0.2) is 96.7 Å². The summed E-state index contributed by atoms with van der Waals surface area (Å²) in [5, 5.41) is 10.5. The molecule has 0 radical (unpaired) electrons. The van der Waals surface area contributed by atoms with E-state index in [2.05, 4.69) is 34.6 Å². The summed E-state index contributed by atoms with van der Waals surface area (Å²) in [7, 11) is -9.88. The molecule has 0 aromatic heterocycles. The van der Waals surface area contributed by atoms with Gasteiger partial charge in [0.2, 0.25) is 0 Å². The topological polar surface area (TPSA) is 237 Å². The lowest BCUT2D eigenvalue weighted by molar-refractivity contribution is -0.161. The first kappa shape index (κ1) is 85.1. The van der Waals surface area contributed by atoms with Gasteiger partial charge in [0.05, 0.1) is 26.4 Å². The molecule has 0 aliphatic carbocycles. The van der Waals surface area contributed by atoms with Crippen molar-refractivity contribution in [3.05, 3.63) is 0 Å². The van der Waals surface area contributed by atoms with Crippen LogP contribution in [0.5, 0.6) is 0 Å². The lowest BCUT2D eigenvalue weighted by Crippen LogP contribution is -2.30. The van der Waals surface area contributed by atoms with Crippen LogP contribution >= 0.6 is 15.6 Å². The Morgan fingerprint density at radius 1 is 0.310 bits per heavy atom. The van der Waals surface area contributed by atoms with E-state index in [-0.39, 0.29) is 25.7 Å². The Hall–Kier alpha value is -1.94. The van der Waals surface area contributed by atoms with Gasteiger partial charge in [-0.25, -0.2) is 9.13 Å². The summed E-state index contributed by atoms with van der Waals surface area (Å²) in [5.74, 6) is -1.33. The first-order chi connectivity index (χ1) is 42.0. The standard InChI is InChI=1S/C68H132O17P2/c1-6-9-12-15-17-19-21-26-30-34-37-42-47-52-66(71)79-58-64(85-68(73)54-49-44-39-35-31-28-25-23-22-24-27-29-32-36-41-45-50-61(4)5)60-83-87(76,77)81-56-62(69)55-80-86(74,75)82-59-63(57-78-65(70)51-46-40-14-11-8-3)84-67(72)53-48-43-38-33-20-18-16-13-10-7-2/h61-64,69H,6-60H2,1-5H3,(H,74,75)(H,76,77)/t62-,63+,64+/m0/s1. The van der Waals surface area contributed by atoms with E-state index >= 15 is 0 Å². The van der Waals surface area contributed by atoms with Crippen LogP contribution in [0.4, 0.5) is 0 Å². The molecule has 0 fully saturated rings. The number of carbonyl (C=O) groups excluding carboxylic acids is 4. The van der Waals surface area contributed by atoms with E-state index in [1.54, 1.807) is 0 Å². The van der Waals surface area contributed by atoms with Gasteiger partial charge < -0.3 is 33.8 Å². The highest BCUT2D eigenvalue weighted by Crippen LogP contribution is 2.45. The quantitative estimate of drug-likeness (QED) is 0.0222. The zero-order valence-electron chi connectivity index (χ0n) is 56.2. The van der Waals surface area contributed by atoms with Crippen LogP contribution in [-0.2, 0) is 65.4 Å². The van der Waals surface area contributed by atoms with Gasteiger partial charge in [0.1, 0.15) is 19.3 Å². The van der Waals surface area contributed by atoms with Gasteiger partial charge in [0, 0.05) is 25.7 Å². The fourth-order valence-electron chi connectivity index (χ4n) is 10.3. The predicted molar refractivity (Wildman–Crippen MR) is 349 cm³/mol. The van der Waals surface area contributed by atoms with Crippen molar-refractivity contribution in [2.24, 2.45) is 5.92 Å². The van der Waals surface area contributed by atoms with Crippen molar-refractivity contribution in [1.29, 1.82) is 0 Å². The van der Waals surface area contributed by atoms with Crippen molar-refractivity contribution in [3.63, 3.8) is 0 Å². The SMILES string of the molecule is CCCCCCCCCCCCCCCC(=O)OC[C@H](COP(=O)(O)OC[C@@H](O)COP(=O)(O)OC[C@@H](COC(=O)CCCCCCC)OC(=O)CCCCCCCCCCCC)OC(=O)CCCCCCCCCCCCCCCCCCC(C)C. The number of hydrogen-bond donors (Lipinski definition) is 3. The molecule has 0 saturated heterocycles. The van der Waals surface area contributed by atoms with Crippen molar-refractivity contribution in [3.8, 4) is 0 Å². The Morgan fingerprint density at radius 2 is 0.529 bits per heavy atom. The molecule has 19 heteroatoms. The summed E-state index contributed by atoms with van der Waals surface area (Å²) >= 11 is 0. The highest BCUT2D eigenvalue weighted by Gasteiger charge is 2.30. The highest BCUT2D eigenvalue weighted by atomic mass is 31.2. The maximum atomic E-state index is 13.0. The fourth-order valence-corrected chi connectivity index (χ4v) is 11.9. The number of aliphatic hydroxyl groups excluding tert-OH is 1. The molecule has 0 amide bonds. The molecule has 516 valence electrons. The predicted octanol–water partition coefficient (Wildman–Crippen LogP) is 19.4. The van der Waals surface area contributed by atoms with Crippen molar-refractivity contribution >= 4 is 39.5 Å². The van der Waals surface area contributed by atoms with Gasteiger partial charge in [-0.05, 0) is 31.6 Å². The smallest absolute Gasteiger partial charge is 0.462 e. The second-order valence-electron chi connectivity index (χ2n) is 25.0. The molecule has 2 unspecified atom stereocenters. The number of esters is 4. The summed E-state index contributed by atoms with van der Waals surface area (Å²) in [6, 6.07) is 0. The second kappa shape index (κ2) is 61.6. The van der Waals surface area contributed by atoms with E-state index in [9.17, 15) is 43.2 Å². The maximum Gasteiger partial charge on any atom is 0.472 e. The van der Waals surface area contributed by atoms with E-state index in [0.29, 0.717) is 25.7 Å². The Balaban J connectivity index is 5.13. The van der Waals surface area contributed by atoms with Gasteiger partial charge in [-0.1, -0.05) is 298 Å². The van der Waals surface area contributed by atoms with Crippen LogP contribution in [0, 0.1) is 5.92 Å². The number of unbranched alkanes of at least 4 members (excludes halogenated alkanes) is 40. The van der Waals surface area contributed by atoms with Crippen LogP contribution in [0.15, 0.2) is 0 Å². The minimum Gasteiger partial charge on any atom is -0.462 e.